The summed E-state index contributed by atoms with van der Waals surface area (Å²) in [5.41, 5.74) is -0.709. The minimum absolute atomic E-state index is 0.264. The van der Waals surface area contributed by atoms with Gasteiger partial charge in [0.15, 0.2) is 0 Å². The fourth-order valence-electron chi connectivity index (χ4n) is 1.02. The monoisotopic (exact) mass is 391 g/mol. The van der Waals surface area contributed by atoms with Crippen LogP contribution in [0.3, 0.4) is 0 Å². The maximum atomic E-state index is 12.5. The van der Waals surface area contributed by atoms with Crippen molar-refractivity contribution in [3.05, 3.63) is 26.6 Å². The Kier molecular flexibility index (Phi) is 4.38. The van der Waals surface area contributed by atoms with Gasteiger partial charge in [0.25, 0.3) is 6.43 Å². The zero-order chi connectivity index (χ0) is 11.6. The number of carboxylic acids is 1. The van der Waals surface area contributed by atoms with E-state index in [1.807, 2.05) is 0 Å². The van der Waals surface area contributed by atoms with Gasteiger partial charge in [-0.2, -0.15) is 0 Å². The van der Waals surface area contributed by atoms with E-state index in [1.54, 1.807) is 22.6 Å². The van der Waals surface area contributed by atoms with E-state index in [0.29, 0.717) is 11.0 Å². The standard InChI is InChI=1S/C8H5BrF2INO2/c9-2-3-1-4(12)5(8(14)15)6(13-3)7(10)11/h1,7H,2H2,(H,14,15). The van der Waals surface area contributed by atoms with Gasteiger partial charge in [0.1, 0.15) is 11.3 Å². The van der Waals surface area contributed by atoms with Crippen LogP contribution >= 0.6 is 38.5 Å². The number of nitrogens with zero attached hydrogens (tertiary/aromatic N) is 1. The third-order valence-corrected chi connectivity index (χ3v) is 3.04. The van der Waals surface area contributed by atoms with E-state index >= 15 is 0 Å². The molecule has 0 spiro atoms. The smallest absolute Gasteiger partial charge is 0.338 e. The molecule has 1 rings (SSSR count). The van der Waals surface area contributed by atoms with Crippen molar-refractivity contribution in [3.8, 4) is 0 Å². The summed E-state index contributed by atoms with van der Waals surface area (Å²) in [7, 11) is 0. The van der Waals surface area contributed by atoms with Crippen LogP contribution in [0.2, 0.25) is 0 Å². The van der Waals surface area contributed by atoms with Gasteiger partial charge in [0.2, 0.25) is 0 Å². The number of rotatable bonds is 3. The highest BCUT2D eigenvalue weighted by Gasteiger charge is 2.23. The van der Waals surface area contributed by atoms with Gasteiger partial charge in [-0.05, 0) is 28.7 Å². The predicted molar refractivity (Wildman–Crippen MR) is 61.5 cm³/mol. The normalized spacial score (nSPS) is 10.7. The Morgan fingerprint density at radius 3 is 2.67 bits per heavy atom. The zero-order valence-corrected chi connectivity index (χ0v) is 10.9. The number of carboxylic acid groups (broad SMARTS) is 1. The first-order chi connectivity index (χ1) is 6.97. The largest absolute Gasteiger partial charge is 0.478 e. The molecule has 1 heterocycles. The van der Waals surface area contributed by atoms with E-state index in [-0.39, 0.29) is 3.57 Å². The van der Waals surface area contributed by atoms with Gasteiger partial charge in [0, 0.05) is 8.90 Å². The summed E-state index contributed by atoms with van der Waals surface area (Å²) in [6.07, 6.45) is -2.89. The lowest BCUT2D eigenvalue weighted by molar-refractivity contribution is 0.0680. The highest BCUT2D eigenvalue weighted by molar-refractivity contribution is 14.1. The minimum Gasteiger partial charge on any atom is -0.478 e. The summed E-state index contributed by atoms with van der Waals surface area (Å²) < 4.78 is 25.3. The molecular formula is C8H5BrF2INO2. The van der Waals surface area contributed by atoms with Gasteiger partial charge in [-0.25, -0.2) is 18.6 Å². The van der Waals surface area contributed by atoms with Gasteiger partial charge in [-0.15, -0.1) is 0 Å². The zero-order valence-electron chi connectivity index (χ0n) is 7.18. The van der Waals surface area contributed by atoms with Crippen LogP contribution in [0.15, 0.2) is 6.07 Å². The number of aromatic carboxylic acids is 1. The summed E-state index contributed by atoms with van der Waals surface area (Å²) in [5, 5.41) is 9.08. The van der Waals surface area contributed by atoms with Crippen molar-refractivity contribution in [1.29, 1.82) is 0 Å². The van der Waals surface area contributed by atoms with Crippen LogP contribution in [0, 0.1) is 3.57 Å². The van der Waals surface area contributed by atoms with Crippen LogP contribution in [0.5, 0.6) is 0 Å². The third-order valence-electron chi connectivity index (χ3n) is 1.61. The molecule has 0 aromatic carbocycles. The van der Waals surface area contributed by atoms with E-state index in [4.69, 9.17) is 5.11 Å². The van der Waals surface area contributed by atoms with Crippen LogP contribution < -0.4 is 0 Å². The molecule has 1 N–H and O–H groups in total. The summed E-state index contributed by atoms with van der Waals surface area (Å²) in [4.78, 5) is 14.3. The molecule has 1 aromatic heterocycles. The number of hydrogen-bond acceptors (Lipinski definition) is 2. The lowest BCUT2D eigenvalue weighted by atomic mass is 10.2. The van der Waals surface area contributed by atoms with Crippen molar-refractivity contribution in [2.75, 3.05) is 0 Å². The molecule has 0 saturated heterocycles. The number of carbonyl (C=O) groups is 1. The van der Waals surface area contributed by atoms with Crippen molar-refractivity contribution in [1.82, 2.24) is 4.98 Å². The quantitative estimate of drug-likeness (QED) is 0.635. The number of halogens is 4. The fourth-order valence-corrected chi connectivity index (χ4v) is 2.18. The Morgan fingerprint density at radius 2 is 2.27 bits per heavy atom. The summed E-state index contributed by atoms with van der Waals surface area (Å²) in [6, 6.07) is 1.46. The molecule has 0 amide bonds. The molecule has 82 valence electrons. The van der Waals surface area contributed by atoms with Gasteiger partial charge in [-0.1, -0.05) is 15.9 Å². The molecule has 15 heavy (non-hydrogen) atoms. The number of alkyl halides is 3. The minimum atomic E-state index is -2.89. The van der Waals surface area contributed by atoms with E-state index < -0.39 is 23.7 Å². The maximum absolute atomic E-state index is 12.5. The third kappa shape index (κ3) is 2.83. The lowest BCUT2D eigenvalue weighted by Gasteiger charge is -2.08. The molecule has 0 atom stereocenters. The Hall–Kier alpha value is -0.310. The Bertz CT molecular complexity index is 400. The molecular weight excluding hydrogens is 387 g/mol. The molecule has 1 aromatic rings. The Labute approximate surface area is 106 Å². The fraction of sp³-hybridized carbons (Fsp3) is 0.250. The van der Waals surface area contributed by atoms with Crippen LogP contribution in [0.25, 0.3) is 0 Å². The van der Waals surface area contributed by atoms with Crippen LogP contribution in [0.4, 0.5) is 8.78 Å². The molecule has 0 aliphatic heterocycles. The summed E-state index contributed by atoms with van der Waals surface area (Å²) in [5.74, 6) is -1.39. The predicted octanol–water partition coefficient (Wildman–Crippen LogP) is 3.22. The SMILES string of the molecule is O=C(O)c1c(I)cc(CBr)nc1C(F)F. The second kappa shape index (κ2) is 5.15. The second-order valence-corrected chi connectivity index (χ2v) is 4.32. The number of pyridine rings is 1. The molecule has 0 fully saturated rings. The Balaban J connectivity index is 3.42. The van der Waals surface area contributed by atoms with Crippen molar-refractivity contribution < 1.29 is 18.7 Å². The molecule has 0 saturated carbocycles. The first kappa shape index (κ1) is 12.8. The summed E-state index contributed by atoms with van der Waals surface area (Å²) in [6.45, 7) is 0. The van der Waals surface area contributed by atoms with Gasteiger partial charge in [-0.3, -0.25) is 0 Å². The van der Waals surface area contributed by atoms with E-state index in [0.717, 1.165) is 0 Å². The highest BCUT2D eigenvalue weighted by Crippen LogP contribution is 2.26. The molecule has 0 radical (unpaired) electrons. The van der Waals surface area contributed by atoms with E-state index in [9.17, 15) is 13.6 Å². The second-order valence-electron chi connectivity index (χ2n) is 2.60. The van der Waals surface area contributed by atoms with Crippen molar-refractivity contribution in [2.24, 2.45) is 0 Å². The van der Waals surface area contributed by atoms with Crippen molar-refractivity contribution in [2.45, 2.75) is 11.8 Å². The first-order valence-corrected chi connectivity index (χ1v) is 5.94. The van der Waals surface area contributed by atoms with Crippen molar-refractivity contribution >= 4 is 44.5 Å². The lowest BCUT2D eigenvalue weighted by Crippen LogP contribution is -2.09. The van der Waals surface area contributed by atoms with Crippen LogP contribution in [-0.4, -0.2) is 16.1 Å². The van der Waals surface area contributed by atoms with Gasteiger partial charge >= 0.3 is 5.97 Å². The van der Waals surface area contributed by atoms with Gasteiger partial charge < -0.3 is 5.11 Å². The molecule has 0 aliphatic carbocycles. The molecule has 0 unspecified atom stereocenters. The van der Waals surface area contributed by atoms with Crippen molar-refractivity contribution in [3.63, 3.8) is 0 Å². The van der Waals surface area contributed by atoms with Gasteiger partial charge in [0.05, 0.1) is 5.69 Å². The maximum Gasteiger partial charge on any atom is 0.338 e. The topological polar surface area (TPSA) is 50.2 Å². The average Bonchev–Trinajstić information content (AvgIpc) is 2.15. The number of hydrogen-bond donors (Lipinski definition) is 1. The number of aromatic nitrogens is 1. The van der Waals surface area contributed by atoms with E-state index in [2.05, 4.69) is 20.9 Å². The summed E-state index contributed by atoms with van der Waals surface area (Å²) >= 11 is 4.79. The average molecular weight is 392 g/mol. The molecule has 0 aliphatic rings. The Morgan fingerprint density at radius 1 is 1.67 bits per heavy atom. The highest BCUT2D eigenvalue weighted by atomic mass is 127. The molecule has 7 heteroatoms. The van der Waals surface area contributed by atoms with Crippen LogP contribution in [0.1, 0.15) is 28.2 Å². The molecule has 3 nitrogen and oxygen atoms in total. The van der Waals surface area contributed by atoms with Crippen LogP contribution in [-0.2, 0) is 5.33 Å². The van der Waals surface area contributed by atoms with E-state index in [1.165, 1.54) is 6.07 Å². The first-order valence-electron chi connectivity index (χ1n) is 3.74. The molecule has 0 bridgehead atoms.